The molecule has 0 unspecified atom stereocenters. The van der Waals surface area contributed by atoms with Gasteiger partial charge in [-0.15, -0.1) is 3.89 Å². The van der Waals surface area contributed by atoms with Gasteiger partial charge in [-0.3, -0.25) is 9.88 Å². The number of pyridine rings is 1. The molecule has 14 heteroatoms. The second kappa shape index (κ2) is 12.6. The summed E-state index contributed by atoms with van der Waals surface area (Å²) in [6.07, 6.45) is 4.18. The number of aromatic nitrogens is 3. The highest BCUT2D eigenvalue weighted by atomic mass is 35.5. The summed E-state index contributed by atoms with van der Waals surface area (Å²) in [4.78, 5) is 17.9. The largest absolute Gasteiger partial charge is 0.489 e. The Kier molecular flexibility index (Phi) is 8.25. The number of halogens is 3. The lowest BCUT2D eigenvalue weighted by Gasteiger charge is -2.34. The minimum atomic E-state index is -4.79. The van der Waals surface area contributed by atoms with Crippen molar-refractivity contribution < 1.29 is 26.2 Å². The van der Waals surface area contributed by atoms with Gasteiger partial charge in [-0.1, -0.05) is 41.9 Å². The highest BCUT2D eigenvalue weighted by Gasteiger charge is 2.35. The molecule has 49 heavy (non-hydrogen) atoms. The zero-order valence-electron chi connectivity index (χ0n) is 26.5. The van der Waals surface area contributed by atoms with Gasteiger partial charge in [-0.2, -0.15) is 18.4 Å². The number of fused-ring (bicyclic) bond motifs is 4. The summed E-state index contributed by atoms with van der Waals surface area (Å²) >= 11 is 6.60. The van der Waals surface area contributed by atoms with Gasteiger partial charge in [-0.25, -0.2) is 4.39 Å². The summed E-state index contributed by atoms with van der Waals surface area (Å²) < 4.78 is 64.6. The van der Waals surface area contributed by atoms with E-state index in [0.717, 1.165) is 31.3 Å². The number of ether oxygens (including phenoxy) is 2. The molecule has 3 aliphatic rings. The molecule has 3 saturated heterocycles. The van der Waals surface area contributed by atoms with Crippen molar-refractivity contribution in [3.63, 3.8) is 0 Å². The summed E-state index contributed by atoms with van der Waals surface area (Å²) in [5.74, 6) is 0.453. The van der Waals surface area contributed by atoms with Crippen LogP contribution in [-0.2, 0) is 10.2 Å². The summed E-state index contributed by atoms with van der Waals surface area (Å²) in [7, 11) is -2.83. The van der Waals surface area contributed by atoms with E-state index < -0.39 is 20.9 Å². The summed E-state index contributed by atoms with van der Waals surface area (Å²) in [6.45, 7) is 2.27. The van der Waals surface area contributed by atoms with Crippen LogP contribution in [0.15, 0.2) is 71.8 Å². The zero-order chi connectivity index (χ0) is 33.9. The first kappa shape index (κ1) is 32.1. The minimum Gasteiger partial charge on any atom is -0.489 e. The van der Waals surface area contributed by atoms with Crippen LogP contribution < -0.4 is 19.7 Å². The molecule has 3 aromatic carbocycles. The van der Waals surface area contributed by atoms with Crippen LogP contribution in [0.3, 0.4) is 0 Å². The fraction of sp³-hybridized carbons (Fsp3) is 0.343. The van der Waals surface area contributed by atoms with Gasteiger partial charge < -0.3 is 19.7 Å². The predicted molar refractivity (Wildman–Crippen MR) is 183 cm³/mol. The number of likely N-dealkylation sites (tertiary alicyclic amines) is 1. The zero-order valence-corrected chi connectivity index (χ0v) is 28.1. The lowest BCUT2D eigenvalue weighted by molar-refractivity contribution is 0.188. The summed E-state index contributed by atoms with van der Waals surface area (Å²) in [5, 5.41) is 6.25. The van der Waals surface area contributed by atoms with E-state index in [2.05, 4.69) is 25.1 Å². The van der Waals surface area contributed by atoms with Gasteiger partial charge in [0.15, 0.2) is 5.82 Å². The molecule has 3 aliphatic heterocycles. The first-order valence-corrected chi connectivity index (χ1v) is 18.0. The fourth-order valence-corrected chi connectivity index (χ4v) is 8.08. The number of anilines is 1. The molecular weight excluding hydrogens is 674 g/mol. The number of likely N-dealkylation sites (N-methyl/N-ethyl adjacent to an activating group) is 1. The quantitative estimate of drug-likeness (QED) is 0.200. The van der Waals surface area contributed by atoms with E-state index in [-0.39, 0.29) is 36.0 Å². The second-order valence-electron chi connectivity index (χ2n) is 13.0. The third-order valence-corrected chi connectivity index (χ3v) is 10.9. The smallest absolute Gasteiger partial charge is 0.332 e. The van der Waals surface area contributed by atoms with Crippen molar-refractivity contribution in [1.82, 2.24) is 25.2 Å². The molecule has 5 aromatic rings. The van der Waals surface area contributed by atoms with E-state index in [4.69, 9.17) is 26.1 Å². The Balaban J connectivity index is 1.09. The fourth-order valence-electron chi connectivity index (χ4n) is 7.33. The summed E-state index contributed by atoms with van der Waals surface area (Å²) in [6, 6.07) is 17.0. The van der Waals surface area contributed by atoms with Crippen LogP contribution in [0, 0.1) is 5.82 Å². The lowest BCUT2D eigenvalue weighted by Crippen LogP contribution is -2.51. The van der Waals surface area contributed by atoms with E-state index in [1.54, 1.807) is 12.3 Å². The van der Waals surface area contributed by atoms with Gasteiger partial charge in [0, 0.05) is 66.3 Å². The van der Waals surface area contributed by atoms with Crippen molar-refractivity contribution in [3.05, 3.63) is 77.7 Å². The average Bonchev–Trinajstić information content (AvgIpc) is 3.61. The van der Waals surface area contributed by atoms with E-state index >= 15 is 4.39 Å². The van der Waals surface area contributed by atoms with E-state index in [9.17, 15) is 12.3 Å². The Morgan fingerprint density at radius 2 is 1.73 bits per heavy atom. The number of piperazine rings is 1. The van der Waals surface area contributed by atoms with Gasteiger partial charge in [0.1, 0.15) is 35.5 Å². The highest BCUT2D eigenvalue weighted by molar-refractivity contribution is 7.86. The van der Waals surface area contributed by atoms with Crippen molar-refractivity contribution >= 4 is 49.3 Å². The van der Waals surface area contributed by atoms with E-state index in [1.165, 1.54) is 24.3 Å². The van der Waals surface area contributed by atoms with Crippen molar-refractivity contribution in [2.45, 2.75) is 48.4 Å². The van der Waals surface area contributed by atoms with Gasteiger partial charge in [0.2, 0.25) is 0 Å². The molecule has 5 heterocycles. The van der Waals surface area contributed by atoms with Crippen LogP contribution in [0.25, 0.3) is 32.9 Å². The molecule has 0 aliphatic carbocycles. The molecule has 8 rings (SSSR count). The Labute approximate surface area is 287 Å². The number of nitrogens with one attached hydrogen (secondary N) is 1. The van der Waals surface area contributed by atoms with E-state index in [0.29, 0.717) is 58.0 Å². The van der Waals surface area contributed by atoms with Gasteiger partial charge >= 0.3 is 16.2 Å². The topological polar surface area (TPSA) is 110 Å². The molecule has 4 atom stereocenters. The Morgan fingerprint density at radius 1 is 1.00 bits per heavy atom. The Hall–Kier alpha value is -4.17. The summed E-state index contributed by atoms with van der Waals surface area (Å²) in [5.41, 5.74) is 0.847. The maximum absolute atomic E-state index is 16.7. The molecule has 1 N–H and O–H groups in total. The molecule has 0 radical (unpaired) electrons. The average molecular weight is 707 g/mol. The maximum atomic E-state index is 16.7. The van der Waals surface area contributed by atoms with Crippen LogP contribution in [0.4, 0.5) is 14.1 Å². The Bertz CT molecular complexity index is 2160. The van der Waals surface area contributed by atoms with E-state index in [1.807, 2.05) is 37.4 Å². The monoisotopic (exact) mass is 706 g/mol. The number of nitrogens with zero attached hydrogens (tertiary/aromatic N) is 5. The van der Waals surface area contributed by atoms with Crippen LogP contribution in [0.2, 0.25) is 5.02 Å². The predicted octanol–water partition coefficient (Wildman–Crippen LogP) is 5.77. The minimum absolute atomic E-state index is 0.0658. The van der Waals surface area contributed by atoms with Crippen LogP contribution in [0.5, 0.6) is 11.8 Å². The first-order valence-electron chi connectivity index (χ1n) is 16.2. The number of hydrogen-bond donors (Lipinski definition) is 1. The van der Waals surface area contributed by atoms with Crippen molar-refractivity contribution in [2.75, 3.05) is 38.2 Å². The second-order valence-corrected chi connectivity index (χ2v) is 14.7. The Morgan fingerprint density at radius 3 is 2.47 bits per heavy atom. The number of benzene rings is 3. The van der Waals surface area contributed by atoms with Crippen molar-refractivity contribution in [3.8, 4) is 23.0 Å². The molecule has 2 aromatic heterocycles. The van der Waals surface area contributed by atoms with Crippen molar-refractivity contribution in [1.29, 1.82) is 0 Å². The van der Waals surface area contributed by atoms with Crippen LogP contribution in [0.1, 0.15) is 19.3 Å². The molecule has 3 fully saturated rings. The molecule has 10 nitrogen and oxygen atoms in total. The molecule has 0 amide bonds. The van der Waals surface area contributed by atoms with Crippen LogP contribution >= 0.6 is 11.6 Å². The normalized spacial score (nSPS) is 22.7. The van der Waals surface area contributed by atoms with Crippen LogP contribution in [-0.4, -0.2) is 85.8 Å². The highest BCUT2D eigenvalue weighted by Crippen LogP contribution is 2.38. The van der Waals surface area contributed by atoms with Gasteiger partial charge in [0.05, 0.1) is 10.3 Å². The molecular formula is C35H33ClF2N6O4S. The molecule has 0 saturated carbocycles. The molecule has 2 bridgehead atoms. The number of hydrogen-bond acceptors (Lipinski definition) is 10. The lowest BCUT2D eigenvalue weighted by atomic mass is 10.0. The van der Waals surface area contributed by atoms with Crippen molar-refractivity contribution in [2.24, 2.45) is 0 Å². The maximum Gasteiger partial charge on any atom is 0.332 e. The number of rotatable bonds is 8. The molecule has 0 spiro atoms. The molecule has 254 valence electrons. The SMILES string of the molecule is CN1C[C@H](Oc2ccc(S(=O)(=O)F)cc2)C[C@H]1COc1nc(N2C[C@H]3CC[C@@H](C2)N3)c2cnc(-c3cccc4cccc(Cl)c34)c(F)c2n1. The third-order valence-electron chi connectivity index (χ3n) is 9.73. The first-order chi connectivity index (χ1) is 23.6. The third kappa shape index (κ3) is 6.24. The van der Waals surface area contributed by atoms with Gasteiger partial charge in [0.25, 0.3) is 0 Å². The van der Waals surface area contributed by atoms with Gasteiger partial charge in [-0.05, 0) is 55.6 Å². The standard InChI is InChI=1S/C35H33ClF2N6O4S/c1-43-18-25(48-24-10-12-26(13-11-24)49(38,45)46)14-23(43)19-47-35-41-33-28(34(42-35)44-16-21-8-9-22(17-44)40-21)15-39-32(31(33)37)27-6-2-4-20-5-3-7-29(36)30(20)27/h2-7,10-13,15,21-23,25,40H,8-9,14,16-19H2,1H3/t21-,22+,23-,25+/m0/s1.